The molecule has 6 aliphatic rings. The van der Waals surface area contributed by atoms with E-state index in [-0.39, 0.29) is 70.6 Å². The summed E-state index contributed by atoms with van der Waals surface area (Å²) in [6.45, 7) is 2.92. The predicted octanol–water partition coefficient (Wildman–Crippen LogP) is 3.78. The summed E-state index contributed by atoms with van der Waals surface area (Å²) in [5.41, 5.74) is 2.89. The molecule has 3 atom stereocenters. The van der Waals surface area contributed by atoms with E-state index in [0.29, 0.717) is 32.0 Å². The fourth-order valence-electron chi connectivity index (χ4n) is 7.48. The normalized spacial score (nSPS) is 29.5. The molecule has 10 nitrogen and oxygen atoms in total. The molecule has 1 aliphatic carbocycles. The lowest BCUT2D eigenvalue weighted by atomic mass is 9.71. The molecule has 5 aliphatic heterocycles. The first-order chi connectivity index (χ1) is 20.1. The molecule has 3 aromatic rings. The molecule has 5 fully saturated rings. The van der Waals surface area contributed by atoms with Crippen LogP contribution in [0.3, 0.4) is 0 Å². The summed E-state index contributed by atoms with van der Waals surface area (Å²) in [5.74, 6) is -0.844. The van der Waals surface area contributed by atoms with Crippen LogP contribution in [0.25, 0.3) is 22.2 Å². The van der Waals surface area contributed by atoms with Crippen molar-refractivity contribution in [2.24, 2.45) is 5.41 Å². The lowest BCUT2D eigenvalue weighted by Gasteiger charge is -2.43. The van der Waals surface area contributed by atoms with E-state index in [1.54, 1.807) is 0 Å². The molecule has 3 aromatic heterocycles. The molecule has 4 saturated heterocycles. The summed E-state index contributed by atoms with van der Waals surface area (Å²) in [7, 11) is 0. The zero-order valence-electron chi connectivity index (χ0n) is 22.8. The van der Waals surface area contributed by atoms with E-state index in [0.717, 1.165) is 31.7 Å². The second-order valence-corrected chi connectivity index (χ2v) is 12.2. The van der Waals surface area contributed by atoms with Gasteiger partial charge in [0.15, 0.2) is 5.82 Å². The number of halogens is 4. The number of nitrogen functional groups attached to an aromatic ring is 1. The van der Waals surface area contributed by atoms with Gasteiger partial charge in [-0.25, -0.2) is 14.4 Å². The highest BCUT2D eigenvalue weighted by Crippen LogP contribution is 2.50. The minimum atomic E-state index is -4.84. The van der Waals surface area contributed by atoms with Gasteiger partial charge in [-0.1, -0.05) is 0 Å². The smallest absolute Gasteiger partial charge is 0.418 e. The van der Waals surface area contributed by atoms with Crippen LogP contribution >= 0.6 is 0 Å². The van der Waals surface area contributed by atoms with Gasteiger partial charge >= 0.3 is 12.2 Å². The summed E-state index contributed by atoms with van der Waals surface area (Å²) in [6, 6.07) is 1.41. The van der Waals surface area contributed by atoms with Crippen molar-refractivity contribution < 1.29 is 31.8 Å². The number of pyridine rings is 2. The first-order valence-electron chi connectivity index (χ1n) is 14.2. The molecule has 4 bridgehead atoms. The lowest BCUT2D eigenvalue weighted by Crippen LogP contribution is -2.59. The number of nitrogens with one attached hydrogen (secondary N) is 1. The number of anilines is 2. The van der Waals surface area contributed by atoms with Crippen molar-refractivity contribution in [1.29, 1.82) is 0 Å². The molecule has 42 heavy (non-hydrogen) atoms. The first-order valence-corrected chi connectivity index (χ1v) is 14.2. The maximum absolute atomic E-state index is 16.6. The number of alkyl halides is 3. The van der Waals surface area contributed by atoms with E-state index in [1.807, 2.05) is 0 Å². The van der Waals surface area contributed by atoms with Gasteiger partial charge in [0.1, 0.15) is 28.2 Å². The predicted molar refractivity (Wildman–Crippen MR) is 143 cm³/mol. The van der Waals surface area contributed by atoms with E-state index < -0.39 is 28.8 Å². The summed E-state index contributed by atoms with van der Waals surface area (Å²) in [6.07, 6.45) is -0.231. The van der Waals surface area contributed by atoms with Crippen LogP contribution in [0.4, 0.5) is 29.2 Å². The molecular weight excluding hydrogens is 558 g/mol. The van der Waals surface area contributed by atoms with Gasteiger partial charge in [0.2, 0.25) is 5.88 Å². The van der Waals surface area contributed by atoms with Crippen molar-refractivity contribution in [2.45, 2.75) is 69.4 Å². The van der Waals surface area contributed by atoms with Crippen LogP contribution < -0.4 is 25.4 Å². The Bertz CT molecular complexity index is 1610. The molecule has 9 rings (SSSR count). The van der Waals surface area contributed by atoms with Gasteiger partial charge in [0.05, 0.1) is 37.2 Å². The fraction of sp³-hybridized carbons (Fsp3) is 0.571. The second kappa shape index (κ2) is 8.99. The van der Waals surface area contributed by atoms with Crippen molar-refractivity contribution in [1.82, 2.24) is 25.3 Å². The number of piperazine rings is 1. The third-order valence-electron chi connectivity index (χ3n) is 9.41. The highest BCUT2D eigenvalue weighted by Gasteiger charge is 2.52. The summed E-state index contributed by atoms with van der Waals surface area (Å²) >= 11 is 0. The minimum absolute atomic E-state index is 0.0271. The van der Waals surface area contributed by atoms with Crippen molar-refractivity contribution in [3.63, 3.8) is 0 Å². The van der Waals surface area contributed by atoms with E-state index >= 15 is 4.39 Å². The zero-order valence-corrected chi connectivity index (χ0v) is 22.8. The topological polar surface area (TPSA) is 121 Å². The van der Waals surface area contributed by atoms with Crippen LogP contribution in [0, 0.1) is 18.2 Å². The molecule has 3 N–H and O–H groups in total. The average molecular weight is 588 g/mol. The molecule has 0 amide bonds. The SMILES string of the molecule is Cc1nc(N)cc(-c2nc3c4c(nc(OCC56COC(C5)C6)nc4c2F)N2C[C@H]4CC[C@H](N4)[C@H]2CCO3)c1C(F)(F)F. The molecular formula is C28H29F4N7O3. The average Bonchev–Trinajstić information content (AvgIpc) is 3.62. The summed E-state index contributed by atoms with van der Waals surface area (Å²) in [4.78, 5) is 19.5. The fourth-order valence-corrected chi connectivity index (χ4v) is 7.48. The maximum Gasteiger partial charge on any atom is 0.418 e. The van der Waals surface area contributed by atoms with Gasteiger partial charge in [0, 0.05) is 42.1 Å². The van der Waals surface area contributed by atoms with Gasteiger partial charge in [-0.3, -0.25) is 0 Å². The van der Waals surface area contributed by atoms with Gasteiger partial charge in [-0.05, 0) is 38.7 Å². The Labute approximate surface area is 238 Å². The number of nitrogens with zero attached hydrogens (tertiary/aromatic N) is 5. The second-order valence-electron chi connectivity index (χ2n) is 12.2. The third kappa shape index (κ3) is 3.98. The van der Waals surface area contributed by atoms with Crippen LogP contribution in [-0.4, -0.2) is 70.5 Å². The van der Waals surface area contributed by atoms with Crippen molar-refractivity contribution in [3.8, 4) is 23.1 Å². The van der Waals surface area contributed by atoms with Crippen LogP contribution in [0.15, 0.2) is 6.07 Å². The lowest BCUT2D eigenvalue weighted by molar-refractivity contribution is -0.137. The van der Waals surface area contributed by atoms with Crippen LogP contribution in [-0.2, 0) is 10.9 Å². The van der Waals surface area contributed by atoms with Crippen LogP contribution in [0.2, 0.25) is 0 Å². The molecule has 0 aromatic carbocycles. The van der Waals surface area contributed by atoms with Crippen LogP contribution in [0.1, 0.15) is 43.4 Å². The quantitative estimate of drug-likeness (QED) is 0.437. The Morgan fingerprint density at radius 2 is 2.00 bits per heavy atom. The largest absolute Gasteiger partial charge is 0.477 e. The molecule has 1 saturated carbocycles. The van der Waals surface area contributed by atoms with E-state index in [9.17, 15) is 13.2 Å². The zero-order chi connectivity index (χ0) is 29.0. The van der Waals surface area contributed by atoms with E-state index in [2.05, 4.69) is 25.2 Å². The van der Waals surface area contributed by atoms with Crippen molar-refractivity contribution in [3.05, 3.63) is 23.1 Å². The van der Waals surface area contributed by atoms with E-state index in [4.69, 9.17) is 24.9 Å². The summed E-state index contributed by atoms with van der Waals surface area (Å²) < 4.78 is 77.2. The molecule has 8 heterocycles. The standard InChI is InChI=1S/C28H29F4N7O3/c1-12-20(28(30,31)32)15(6-18(33)34-12)22-21(29)23-19-24(38-26(37-23)42-11-27-7-14(8-27)41-10-27)39-9-13-2-3-16(35-13)17(39)4-5-40-25(19)36-22/h6,13-14,16-17,35H,2-5,7-11H2,1H3,(H2,33,34)/t13-,14?,16+,17-,27?/m1/s1. The van der Waals surface area contributed by atoms with Crippen molar-refractivity contribution >= 4 is 22.5 Å². The van der Waals surface area contributed by atoms with Crippen molar-refractivity contribution in [2.75, 3.05) is 37.0 Å². The van der Waals surface area contributed by atoms with Crippen LogP contribution in [0.5, 0.6) is 11.9 Å². The molecule has 0 spiro atoms. The Morgan fingerprint density at radius 3 is 2.76 bits per heavy atom. The number of nitrogens with two attached hydrogens (primary N) is 1. The number of aromatic nitrogens is 4. The minimum Gasteiger partial charge on any atom is -0.477 e. The number of rotatable bonds is 4. The number of fused-ring (bicyclic) bond motifs is 6. The number of aryl methyl sites for hydroxylation is 1. The third-order valence-corrected chi connectivity index (χ3v) is 9.41. The maximum atomic E-state index is 16.6. The highest BCUT2D eigenvalue weighted by atomic mass is 19.4. The van der Waals surface area contributed by atoms with Gasteiger partial charge in [-0.15, -0.1) is 0 Å². The Morgan fingerprint density at radius 1 is 1.17 bits per heavy atom. The Kier molecular flexibility index (Phi) is 5.59. The molecule has 0 radical (unpaired) electrons. The molecule has 222 valence electrons. The molecule has 14 heteroatoms. The summed E-state index contributed by atoms with van der Waals surface area (Å²) in [5, 5.41) is 3.87. The molecule has 0 unspecified atom stereocenters. The Balaban J connectivity index is 1.33. The van der Waals surface area contributed by atoms with Gasteiger partial charge in [0.25, 0.3) is 0 Å². The van der Waals surface area contributed by atoms with E-state index in [1.165, 1.54) is 6.92 Å². The Hall–Kier alpha value is -3.52. The number of hydrogen-bond donors (Lipinski definition) is 2. The number of ether oxygens (including phenoxy) is 3. The monoisotopic (exact) mass is 587 g/mol. The van der Waals surface area contributed by atoms with Gasteiger partial charge in [-0.2, -0.15) is 23.1 Å². The first kappa shape index (κ1) is 26.1. The van der Waals surface area contributed by atoms with Gasteiger partial charge < -0.3 is 30.2 Å². The highest BCUT2D eigenvalue weighted by molar-refractivity contribution is 5.97. The number of hydrogen-bond acceptors (Lipinski definition) is 10.